The zero-order valence-electron chi connectivity index (χ0n) is 12.0. The second kappa shape index (κ2) is 5.59. The van der Waals surface area contributed by atoms with E-state index in [1.807, 2.05) is 24.3 Å². The number of ether oxygens (including phenoxy) is 1. The Hall–Kier alpha value is -1.94. The van der Waals surface area contributed by atoms with E-state index in [1.165, 1.54) is 0 Å². The summed E-state index contributed by atoms with van der Waals surface area (Å²) < 4.78 is 5.04. The Labute approximate surface area is 118 Å². The van der Waals surface area contributed by atoms with Crippen LogP contribution in [-0.4, -0.2) is 22.7 Å². The Kier molecular flexibility index (Phi) is 4.04. The van der Waals surface area contributed by atoms with Crippen LogP contribution >= 0.6 is 0 Å². The van der Waals surface area contributed by atoms with Gasteiger partial charge >= 0.3 is 5.97 Å². The van der Waals surface area contributed by atoms with Gasteiger partial charge in [0.2, 0.25) is 0 Å². The van der Waals surface area contributed by atoms with Crippen molar-refractivity contribution in [2.75, 3.05) is 6.61 Å². The molecule has 0 spiro atoms. The summed E-state index contributed by atoms with van der Waals surface area (Å²) in [5, 5.41) is 12.4. The zero-order valence-corrected chi connectivity index (χ0v) is 12.0. The Morgan fingerprint density at radius 1 is 1.35 bits per heavy atom. The summed E-state index contributed by atoms with van der Waals surface area (Å²) in [6.07, 6.45) is 2.37. The van der Waals surface area contributed by atoms with E-state index in [0.29, 0.717) is 12.2 Å². The summed E-state index contributed by atoms with van der Waals surface area (Å²) in [7, 11) is 0. The third-order valence-corrected chi connectivity index (χ3v) is 3.48. The minimum atomic E-state index is -1.03. The molecule has 2 rings (SSSR count). The number of aliphatic hydroxyl groups excluding tert-OH is 1. The molecule has 4 nitrogen and oxygen atoms in total. The fraction of sp³-hybridized carbons (Fsp3) is 0.375. The number of esters is 1. The third kappa shape index (κ3) is 2.51. The minimum absolute atomic E-state index is 0.294. The molecular formula is C16H19NO3. The van der Waals surface area contributed by atoms with Gasteiger partial charge in [0.25, 0.3) is 0 Å². The number of carbonyl (C=O) groups is 1. The molecule has 1 aromatic carbocycles. The first-order valence-electron chi connectivity index (χ1n) is 6.66. The maximum absolute atomic E-state index is 12.0. The van der Waals surface area contributed by atoms with Crippen molar-refractivity contribution in [2.24, 2.45) is 5.41 Å². The number of rotatable bonds is 4. The van der Waals surface area contributed by atoms with Crippen molar-refractivity contribution in [3.05, 3.63) is 42.2 Å². The maximum Gasteiger partial charge on any atom is 0.314 e. The van der Waals surface area contributed by atoms with Gasteiger partial charge in [-0.1, -0.05) is 24.3 Å². The van der Waals surface area contributed by atoms with Crippen LogP contribution in [0.2, 0.25) is 0 Å². The number of aliphatic hydroxyl groups is 1. The summed E-state index contributed by atoms with van der Waals surface area (Å²) in [6.45, 7) is 5.40. The van der Waals surface area contributed by atoms with Gasteiger partial charge in [0.15, 0.2) is 0 Å². The lowest BCUT2D eigenvalue weighted by atomic mass is 9.82. The van der Waals surface area contributed by atoms with Crippen LogP contribution in [0.4, 0.5) is 0 Å². The zero-order chi connectivity index (χ0) is 14.8. The van der Waals surface area contributed by atoms with Crippen molar-refractivity contribution in [1.82, 2.24) is 4.98 Å². The topological polar surface area (TPSA) is 59.4 Å². The van der Waals surface area contributed by atoms with Crippen molar-refractivity contribution in [3.8, 4) is 0 Å². The second-order valence-electron chi connectivity index (χ2n) is 5.29. The number of benzene rings is 1. The van der Waals surface area contributed by atoms with Gasteiger partial charge < -0.3 is 9.84 Å². The number of fused-ring (bicyclic) bond motifs is 1. The molecule has 2 aromatic rings. The standard InChI is InChI=1S/C16H19NO3/c1-4-20-15(19)16(2,3)14(18)13-10-17-9-11-7-5-6-8-12(11)13/h5-10,14,18H,4H2,1-3H3. The molecule has 0 aliphatic heterocycles. The third-order valence-electron chi connectivity index (χ3n) is 3.48. The predicted molar refractivity (Wildman–Crippen MR) is 77.1 cm³/mol. The molecule has 1 N–H and O–H groups in total. The summed E-state index contributed by atoms with van der Waals surface area (Å²) in [5.41, 5.74) is -0.386. The highest BCUT2D eigenvalue weighted by atomic mass is 16.5. The smallest absolute Gasteiger partial charge is 0.314 e. The Balaban J connectivity index is 2.45. The van der Waals surface area contributed by atoms with Gasteiger partial charge in [-0.3, -0.25) is 9.78 Å². The van der Waals surface area contributed by atoms with Crippen LogP contribution in [0.25, 0.3) is 10.8 Å². The Bertz CT molecular complexity index is 617. The van der Waals surface area contributed by atoms with Gasteiger partial charge in [0, 0.05) is 23.3 Å². The molecule has 4 heteroatoms. The summed E-state index contributed by atoms with van der Waals surface area (Å²) in [6, 6.07) is 7.65. The molecule has 0 fully saturated rings. The van der Waals surface area contributed by atoms with Gasteiger partial charge in [-0.15, -0.1) is 0 Å². The van der Waals surface area contributed by atoms with Crippen LogP contribution < -0.4 is 0 Å². The second-order valence-corrected chi connectivity index (χ2v) is 5.29. The minimum Gasteiger partial charge on any atom is -0.465 e. The molecule has 20 heavy (non-hydrogen) atoms. The lowest BCUT2D eigenvalue weighted by Crippen LogP contribution is -2.33. The first kappa shape index (κ1) is 14.5. The van der Waals surface area contributed by atoms with Crippen LogP contribution in [0, 0.1) is 5.41 Å². The van der Waals surface area contributed by atoms with Crippen LogP contribution in [0.5, 0.6) is 0 Å². The van der Waals surface area contributed by atoms with E-state index in [9.17, 15) is 9.90 Å². The molecule has 0 saturated heterocycles. The average Bonchev–Trinajstić information content (AvgIpc) is 2.46. The van der Waals surface area contributed by atoms with Crippen LogP contribution in [0.3, 0.4) is 0 Å². The highest BCUT2D eigenvalue weighted by molar-refractivity contribution is 5.86. The van der Waals surface area contributed by atoms with E-state index < -0.39 is 17.5 Å². The molecular weight excluding hydrogens is 254 g/mol. The van der Waals surface area contributed by atoms with Gasteiger partial charge in [-0.25, -0.2) is 0 Å². The maximum atomic E-state index is 12.0. The Morgan fingerprint density at radius 3 is 2.75 bits per heavy atom. The van der Waals surface area contributed by atoms with E-state index in [4.69, 9.17) is 4.74 Å². The van der Waals surface area contributed by atoms with E-state index in [-0.39, 0.29) is 0 Å². The van der Waals surface area contributed by atoms with Crippen molar-refractivity contribution in [1.29, 1.82) is 0 Å². The molecule has 0 aliphatic rings. The molecule has 0 bridgehead atoms. The molecule has 0 aliphatic carbocycles. The van der Waals surface area contributed by atoms with Crippen molar-refractivity contribution < 1.29 is 14.6 Å². The normalized spacial score (nSPS) is 13.2. The number of aromatic nitrogens is 1. The molecule has 0 saturated carbocycles. The molecule has 1 unspecified atom stereocenters. The fourth-order valence-electron chi connectivity index (χ4n) is 2.18. The van der Waals surface area contributed by atoms with Crippen molar-refractivity contribution in [3.63, 3.8) is 0 Å². The van der Waals surface area contributed by atoms with Gasteiger partial charge in [-0.2, -0.15) is 0 Å². The highest BCUT2D eigenvalue weighted by Crippen LogP contribution is 2.37. The van der Waals surface area contributed by atoms with Gasteiger partial charge in [-0.05, 0) is 26.2 Å². The average molecular weight is 273 g/mol. The van der Waals surface area contributed by atoms with E-state index in [0.717, 1.165) is 10.8 Å². The van der Waals surface area contributed by atoms with Gasteiger partial charge in [0.1, 0.15) is 0 Å². The molecule has 1 atom stereocenters. The lowest BCUT2D eigenvalue weighted by Gasteiger charge is -2.28. The molecule has 0 radical (unpaired) electrons. The Morgan fingerprint density at radius 2 is 2.05 bits per heavy atom. The predicted octanol–water partition coefficient (Wildman–Crippen LogP) is 2.86. The molecule has 1 aromatic heterocycles. The fourth-order valence-corrected chi connectivity index (χ4v) is 2.18. The number of hydrogen-bond acceptors (Lipinski definition) is 4. The first-order valence-corrected chi connectivity index (χ1v) is 6.66. The van der Waals surface area contributed by atoms with E-state index in [2.05, 4.69) is 4.98 Å². The van der Waals surface area contributed by atoms with E-state index >= 15 is 0 Å². The largest absolute Gasteiger partial charge is 0.465 e. The number of nitrogens with zero attached hydrogens (tertiary/aromatic N) is 1. The molecule has 106 valence electrons. The van der Waals surface area contributed by atoms with Crippen LogP contribution in [-0.2, 0) is 9.53 Å². The van der Waals surface area contributed by atoms with Gasteiger partial charge in [0.05, 0.1) is 18.1 Å². The van der Waals surface area contributed by atoms with Crippen LogP contribution in [0.1, 0.15) is 32.4 Å². The quantitative estimate of drug-likeness (QED) is 0.870. The first-order chi connectivity index (χ1) is 9.48. The van der Waals surface area contributed by atoms with Crippen LogP contribution in [0.15, 0.2) is 36.7 Å². The molecule has 1 heterocycles. The highest BCUT2D eigenvalue weighted by Gasteiger charge is 2.39. The lowest BCUT2D eigenvalue weighted by molar-refractivity contribution is -0.160. The SMILES string of the molecule is CCOC(=O)C(C)(C)C(O)c1cncc2ccccc12. The summed E-state index contributed by atoms with van der Waals surface area (Å²) in [5.74, 6) is -0.416. The summed E-state index contributed by atoms with van der Waals surface area (Å²) in [4.78, 5) is 16.2. The monoisotopic (exact) mass is 273 g/mol. The molecule has 0 amide bonds. The van der Waals surface area contributed by atoms with Crippen molar-refractivity contribution >= 4 is 16.7 Å². The number of carbonyl (C=O) groups excluding carboxylic acids is 1. The van der Waals surface area contributed by atoms with E-state index in [1.54, 1.807) is 33.2 Å². The number of pyridine rings is 1. The van der Waals surface area contributed by atoms with Crippen molar-refractivity contribution in [2.45, 2.75) is 26.9 Å². The summed E-state index contributed by atoms with van der Waals surface area (Å²) >= 11 is 0. The number of hydrogen-bond donors (Lipinski definition) is 1.